The lowest BCUT2D eigenvalue weighted by molar-refractivity contribution is 0.145. The van der Waals surface area contributed by atoms with Gasteiger partial charge in [0.25, 0.3) is 0 Å². The van der Waals surface area contributed by atoms with Crippen molar-refractivity contribution < 1.29 is 9.84 Å². The van der Waals surface area contributed by atoms with E-state index in [4.69, 9.17) is 4.74 Å². The number of aliphatic hydroxyl groups excluding tert-OH is 1. The second-order valence-electron chi connectivity index (χ2n) is 4.37. The first-order chi connectivity index (χ1) is 7.70. The maximum Gasteiger partial charge on any atom is 0.121 e. The molecule has 0 saturated carbocycles. The maximum absolute atomic E-state index is 9.46. The molecule has 3 nitrogen and oxygen atoms in total. The minimum absolute atomic E-state index is 0.115. The van der Waals surface area contributed by atoms with Crippen molar-refractivity contribution in [3.8, 4) is 5.75 Å². The molecule has 0 aromatic heterocycles. The molecule has 3 heteroatoms. The molecule has 0 radical (unpaired) electrons. The number of benzene rings is 1. The molecule has 1 saturated heterocycles. The van der Waals surface area contributed by atoms with E-state index in [9.17, 15) is 5.11 Å². The van der Waals surface area contributed by atoms with Crippen LogP contribution in [0.4, 0.5) is 5.69 Å². The molecule has 0 atom stereocenters. The Hall–Kier alpha value is -1.22. The predicted octanol–water partition coefficient (Wildman–Crippen LogP) is 1.96. The average Bonchev–Trinajstić information content (AvgIpc) is 2.30. The van der Waals surface area contributed by atoms with Crippen molar-refractivity contribution in [2.75, 3.05) is 25.1 Å². The Kier molecular flexibility index (Phi) is 3.34. The minimum atomic E-state index is -0.115. The normalized spacial score (nSPS) is 17.6. The summed E-state index contributed by atoms with van der Waals surface area (Å²) in [5.74, 6) is 0.931. The lowest BCUT2D eigenvalue weighted by atomic mass is 10.1. The van der Waals surface area contributed by atoms with E-state index in [2.05, 4.69) is 24.0 Å². The minimum Gasteiger partial charge on any atom is -0.496 e. The van der Waals surface area contributed by atoms with Gasteiger partial charge in [-0.3, -0.25) is 0 Å². The van der Waals surface area contributed by atoms with Crippen LogP contribution in [0.5, 0.6) is 5.75 Å². The number of nitrogens with zero attached hydrogens (tertiary/aromatic N) is 1. The lowest BCUT2D eigenvalue weighted by Gasteiger charge is -2.31. The van der Waals surface area contributed by atoms with Crippen LogP contribution in [0.2, 0.25) is 0 Å². The largest absolute Gasteiger partial charge is 0.496 e. The molecular formula is C13H19NO2. The molecule has 0 spiro atoms. The highest BCUT2D eigenvalue weighted by Gasteiger charge is 2.17. The standard InChI is InChI=1S/C13H19NO2/c1-10-9-11(3-4-13(10)16-2)14-7-5-12(15)6-8-14/h3-4,9,12,15H,5-8H2,1-2H3. The van der Waals surface area contributed by atoms with Crippen LogP contribution in [-0.4, -0.2) is 31.4 Å². The van der Waals surface area contributed by atoms with Crippen molar-refractivity contribution in [2.45, 2.75) is 25.9 Å². The number of rotatable bonds is 2. The smallest absolute Gasteiger partial charge is 0.121 e. The molecule has 2 rings (SSSR count). The zero-order valence-corrected chi connectivity index (χ0v) is 9.94. The third-order valence-corrected chi connectivity index (χ3v) is 3.21. The van der Waals surface area contributed by atoms with Crippen molar-refractivity contribution >= 4 is 5.69 Å². The molecular weight excluding hydrogens is 202 g/mol. The highest BCUT2D eigenvalue weighted by molar-refractivity contribution is 5.53. The molecule has 1 N–H and O–H groups in total. The van der Waals surface area contributed by atoms with Gasteiger partial charge < -0.3 is 14.7 Å². The van der Waals surface area contributed by atoms with Crippen molar-refractivity contribution in [3.05, 3.63) is 23.8 Å². The number of ether oxygens (including phenoxy) is 1. The van der Waals surface area contributed by atoms with E-state index in [-0.39, 0.29) is 6.10 Å². The van der Waals surface area contributed by atoms with Crippen molar-refractivity contribution in [2.24, 2.45) is 0 Å². The summed E-state index contributed by atoms with van der Waals surface area (Å²) in [5, 5.41) is 9.46. The number of hydrogen-bond donors (Lipinski definition) is 1. The zero-order valence-electron chi connectivity index (χ0n) is 9.94. The van der Waals surface area contributed by atoms with Crippen molar-refractivity contribution in [3.63, 3.8) is 0 Å². The van der Waals surface area contributed by atoms with E-state index in [1.807, 2.05) is 6.07 Å². The van der Waals surface area contributed by atoms with E-state index >= 15 is 0 Å². The Morgan fingerprint density at radius 3 is 2.56 bits per heavy atom. The number of anilines is 1. The van der Waals surface area contributed by atoms with Gasteiger partial charge in [-0.25, -0.2) is 0 Å². The molecule has 1 aromatic carbocycles. The van der Waals surface area contributed by atoms with Gasteiger partial charge in [0.05, 0.1) is 13.2 Å². The van der Waals surface area contributed by atoms with Crippen LogP contribution in [0, 0.1) is 6.92 Å². The first-order valence-corrected chi connectivity index (χ1v) is 5.78. The number of aryl methyl sites for hydroxylation is 1. The van der Waals surface area contributed by atoms with E-state index < -0.39 is 0 Å². The van der Waals surface area contributed by atoms with Gasteiger partial charge in [-0.05, 0) is 43.5 Å². The Balaban J connectivity index is 2.12. The Morgan fingerprint density at radius 2 is 2.00 bits per heavy atom. The second kappa shape index (κ2) is 4.74. The number of piperidine rings is 1. The molecule has 0 bridgehead atoms. The van der Waals surface area contributed by atoms with Crippen molar-refractivity contribution in [1.29, 1.82) is 0 Å². The molecule has 1 fully saturated rings. The molecule has 1 aromatic rings. The van der Waals surface area contributed by atoms with E-state index in [1.165, 1.54) is 5.69 Å². The summed E-state index contributed by atoms with van der Waals surface area (Å²) < 4.78 is 5.25. The number of aliphatic hydroxyl groups is 1. The van der Waals surface area contributed by atoms with Crippen LogP contribution < -0.4 is 9.64 Å². The molecule has 1 aliphatic rings. The van der Waals surface area contributed by atoms with E-state index in [0.29, 0.717) is 0 Å². The fourth-order valence-electron chi connectivity index (χ4n) is 2.18. The first kappa shape index (κ1) is 11.3. The first-order valence-electron chi connectivity index (χ1n) is 5.78. The fourth-order valence-corrected chi connectivity index (χ4v) is 2.18. The van der Waals surface area contributed by atoms with E-state index in [0.717, 1.165) is 37.2 Å². The van der Waals surface area contributed by atoms with Crippen LogP contribution in [0.25, 0.3) is 0 Å². The summed E-state index contributed by atoms with van der Waals surface area (Å²) in [6.07, 6.45) is 1.62. The van der Waals surface area contributed by atoms with Crippen LogP contribution in [0.15, 0.2) is 18.2 Å². The van der Waals surface area contributed by atoms with Crippen LogP contribution in [-0.2, 0) is 0 Å². The summed E-state index contributed by atoms with van der Waals surface area (Å²) in [7, 11) is 1.69. The number of hydrogen-bond acceptors (Lipinski definition) is 3. The van der Waals surface area contributed by atoms with Gasteiger partial charge in [0.2, 0.25) is 0 Å². The van der Waals surface area contributed by atoms with Gasteiger partial charge in [0, 0.05) is 18.8 Å². The SMILES string of the molecule is COc1ccc(N2CCC(O)CC2)cc1C. The van der Waals surface area contributed by atoms with Crippen LogP contribution in [0.1, 0.15) is 18.4 Å². The fraction of sp³-hybridized carbons (Fsp3) is 0.538. The summed E-state index contributed by atoms with van der Waals surface area (Å²) in [4.78, 5) is 2.32. The van der Waals surface area contributed by atoms with Crippen LogP contribution >= 0.6 is 0 Å². The second-order valence-corrected chi connectivity index (χ2v) is 4.37. The monoisotopic (exact) mass is 221 g/mol. The van der Waals surface area contributed by atoms with Crippen LogP contribution in [0.3, 0.4) is 0 Å². The molecule has 1 aliphatic heterocycles. The van der Waals surface area contributed by atoms with Gasteiger partial charge in [-0.15, -0.1) is 0 Å². The summed E-state index contributed by atoms with van der Waals surface area (Å²) >= 11 is 0. The molecule has 0 amide bonds. The third-order valence-electron chi connectivity index (χ3n) is 3.21. The summed E-state index contributed by atoms with van der Waals surface area (Å²) in [6.45, 7) is 3.93. The lowest BCUT2D eigenvalue weighted by Crippen LogP contribution is -2.35. The third kappa shape index (κ3) is 2.30. The molecule has 16 heavy (non-hydrogen) atoms. The molecule has 0 aliphatic carbocycles. The Labute approximate surface area is 96.6 Å². The highest BCUT2D eigenvalue weighted by atomic mass is 16.5. The molecule has 0 unspecified atom stereocenters. The predicted molar refractivity (Wildman–Crippen MR) is 65.2 cm³/mol. The van der Waals surface area contributed by atoms with Gasteiger partial charge in [-0.1, -0.05) is 0 Å². The Bertz CT molecular complexity index is 357. The zero-order chi connectivity index (χ0) is 11.5. The highest BCUT2D eigenvalue weighted by Crippen LogP contribution is 2.26. The van der Waals surface area contributed by atoms with Crippen molar-refractivity contribution in [1.82, 2.24) is 0 Å². The molecule has 88 valence electrons. The van der Waals surface area contributed by atoms with Gasteiger partial charge in [0.15, 0.2) is 0 Å². The summed E-state index contributed by atoms with van der Waals surface area (Å²) in [5.41, 5.74) is 2.39. The quantitative estimate of drug-likeness (QED) is 0.828. The number of methoxy groups -OCH3 is 1. The topological polar surface area (TPSA) is 32.7 Å². The Morgan fingerprint density at radius 1 is 1.31 bits per heavy atom. The molecule has 1 heterocycles. The van der Waals surface area contributed by atoms with E-state index in [1.54, 1.807) is 7.11 Å². The van der Waals surface area contributed by atoms with Gasteiger partial charge in [-0.2, -0.15) is 0 Å². The van der Waals surface area contributed by atoms with Gasteiger partial charge >= 0.3 is 0 Å². The van der Waals surface area contributed by atoms with Gasteiger partial charge in [0.1, 0.15) is 5.75 Å². The average molecular weight is 221 g/mol. The maximum atomic E-state index is 9.46. The summed E-state index contributed by atoms with van der Waals surface area (Å²) in [6, 6.07) is 6.25.